The van der Waals surface area contributed by atoms with Crippen molar-refractivity contribution in [3.8, 4) is 0 Å². The molecule has 0 amide bonds. The Morgan fingerprint density at radius 2 is 1.96 bits per heavy atom. The normalized spacial score (nSPS) is 11.3. The molecule has 1 aromatic carbocycles. The number of aryl methyl sites for hydroxylation is 1. The molecular weight excluding hydrogens is 339 g/mol. The lowest BCUT2D eigenvalue weighted by Crippen LogP contribution is -2.21. The molecule has 0 aliphatic rings. The number of halogens is 2. The molecular formula is C15H14ClFN4OS. The molecule has 0 spiro atoms. The molecule has 0 saturated carbocycles. The number of aromatic nitrogens is 4. The number of imidazole rings is 1. The molecule has 0 radical (unpaired) electrons. The van der Waals surface area contributed by atoms with Crippen LogP contribution in [0.3, 0.4) is 0 Å². The van der Waals surface area contributed by atoms with E-state index in [2.05, 4.69) is 22.8 Å². The van der Waals surface area contributed by atoms with Gasteiger partial charge < -0.3 is 0 Å². The van der Waals surface area contributed by atoms with Gasteiger partial charge in [0.1, 0.15) is 17.2 Å². The first-order valence-corrected chi connectivity index (χ1v) is 7.90. The van der Waals surface area contributed by atoms with E-state index in [1.807, 2.05) is 6.92 Å². The van der Waals surface area contributed by atoms with Crippen LogP contribution in [-0.2, 0) is 13.0 Å². The zero-order valence-electron chi connectivity index (χ0n) is 12.3. The number of fused-ring (bicyclic) bond motifs is 1. The van der Waals surface area contributed by atoms with E-state index < -0.39 is 0 Å². The van der Waals surface area contributed by atoms with E-state index >= 15 is 0 Å². The Bertz CT molecular complexity index is 920. The zero-order chi connectivity index (χ0) is 16.6. The molecule has 2 aromatic heterocycles. The lowest BCUT2D eigenvalue weighted by molar-refractivity contribution is 0.626. The predicted molar refractivity (Wildman–Crippen MR) is 90.7 cm³/mol. The van der Waals surface area contributed by atoms with Crippen LogP contribution in [0.2, 0.25) is 5.15 Å². The van der Waals surface area contributed by atoms with E-state index in [0.717, 1.165) is 16.0 Å². The number of hydrogen-bond acceptors (Lipinski definition) is 4. The van der Waals surface area contributed by atoms with Gasteiger partial charge in [-0.25, -0.2) is 23.1 Å². The second-order valence-corrected chi connectivity index (χ2v) is 5.92. The van der Waals surface area contributed by atoms with Crippen LogP contribution in [0.15, 0.2) is 29.1 Å². The van der Waals surface area contributed by atoms with E-state index in [1.165, 1.54) is 16.7 Å². The first-order chi connectivity index (χ1) is 11.0. The summed E-state index contributed by atoms with van der Waals surface area (Å²) in [6, 6.07) is 5.95. The third kappa shape index (κ3) is 2.98. The summed E-state index contributed by atoms with van der Waals surface area (Å²) in [6.07, 6.45) is 1.53. The van der Waals surface area contributed by atoms with Gasteiger partial charge in [-0.2, -0.15) is 0 Å². The van der Waals surface area contributed by atoms with Crippen molar-refractivity contribution in [1.82, 2.24) is 18.5 Å². The van der Waals surface area contributed by atoms with Gasteiger partial charge >= 0.3 is 5.69 Å². The van der Waals surface area contributed by atoms with Gasteiger partial charge in [0.25, 0.3) is 0 Å². The maximum absolute atomic E-state index is 13.0. The highest BCUT2D eigenvalue weighted by atomic mass is 35.5. The summed E-state index contributed by atoms with van der Waals surface area (Å²) < 4.78 is 15.6. The highest BCUT2D eigenvalue weighted by Crippen LogP contribution is 2.21. The van der Waals surface area contributed by atoms with E-state index in [4.69, 9.17) is 11.6 Å². The molecule has 3 rings (SSSR count). The third-order valence-electron chi connectivity index (χ3n) is 3.48. The summed E-state index contributed by atoms with van der Waals surface area (Å²) in [5.41, 5.74) is 1.22. The summed E-state index contributed by atoms with van der Waals surface area (Å²) in [4.78, 5) is 21.1. The van der Waals surface area contributed by atoms with Gasteiger partial charge in [-0.15, -0.1) is 0 Å². The van der Waals surface area contributed by atoms with Crippen molar-refractivity contribution in [2.24, 2.45) is 0 Å². The molecule has 3 aromatic rings. The quantitative estimate of drug-likeness (QED) is 0.580. The van der Waals surface area contributed by atoms with Crippen molar-refractivity contribution in [3.05, 3.63) is 57.1 Å². The van der Waals surface area contributed by atoms with Crippen molar-refractivity contribution in [1.29, 1.82) is 0 Å². The lowest BCUT2D eigenvalue weighted by atomic mass is 10.2. The molecule has 5 nitrogen and oxygen atoms in total. The van der Waals surface area contributed by atoms with Gasteiger partial charge in [-0.1, -0.05) is 43.5 Å². The number of nitrogens with zero attached hydrogens (tertiary/aromatic N) is 4. The van der Waals surface area contributed by atoms with Gasteiger partial charge in [0, 0.05) is 6.42 Å². The molecule has 0 aliphatic carbocycles. The van der Waals surface area contributed by atoms with Gasteiger partial charge in [-0.3, -0.25) is 4.57 Å². The Morgan fingerprint density at radius 1 is 1.26 bits per heavy atom. The van der Waals surface area contributed by atoms with Crippen molar-refractivity contribution < 1.29 is 4.39 Å². The van der Waals surface area contributed by atoms with Gasteiger partial charge in [0.05, 0.1) is 6.54 Å². The second kappa shape index (κ2) is 6.33. The van der Waals surface area contributed by atoms with Crippen LogP contribution in [0.25, 0.3) is 11.2 Å². The summed E-state index contributed by atoms with van der Waals surface area (Å²) in [5, 5.41) is 0.198. The van der Waals surface area contributed by atoms with Crippen molar-refractivity contribution in [2.75, 3.05) is 0 Å². The molecule has 0 atom stereocenters. The molecule has 0 saturated heterocycles. The maximum atomic E-state index is 13.0. The van der Waals surface area contributed by atoms with Crippen molar-refractivity contribution in [3.63, 3.8) is 0 Å². The number of hydrogen-bond donors (Lipinski definition) is 1. The summed E-state index contributed by atoms with van der Waals surface area (Å²) >= 11 is 10.4. The van der Waals surface area contributed by atoms with Crippen LogP contribution in [0.5, 0.6) is 0 Å². The first kappa shape index (κ1) is 16.0. The van der Waals surface area contributed by atoms with Crippen LogP contribution in [0, 0.1) is 5.82 Å². The van der Waals surface area contributed by atoms with Crippen LogP contribution in [0.4, 0.5) is 4.39 Å². The van der Waals surface area contributed by atoms with Gasteiger partial charge in [-0.05, 0) is 24.1 Å². The predicted octanol–water partition coefficient (Wildman–Crippen LogP) is 3.08. The number of benzene rings is 1. The molecule has 0 bridgehead atoms. The van der Waals surface area contributed by atoms with Crippen LogP contribution < -0.4 is 5.69 Å². The Morgan fingerprint density at radius 3 is 2.61 bits per heavy atom. The SMILES string of the molecule is CCCc1nc(Cl)c2c(n1)n(Cc1ccc(F)cc1)c(=O)n2S. The maximum Gasteiger partial charge on any atom is 0.340 e. The standard InChI is InChI=1S/C15H14ClFN4OS/c1-2-3-11-18-13(16)12-14(19-11)20(15(22)21(12)23)8-9-4-6-10(17)7-5-9/h4-7,23H,2-3,8H2,1H3. The number of rotatable bonds is 4. The van der Waals surface area contributed by atoms with Crippen LogP contribution in [0.1, 0.15) is 24.7 Å². The van der Waals surface area contributed by atoms with Crippen LogP contribution in [-0.4, -0.2) is 18.5 Å². The highest BCUT2D eigenvalue weighted by Gasteiger charge is 2.18. The fraction of sp³-hybridized carbons (Fsp3) is 0.267. The Kier molecular flexibility index (Phi) is 4.41. The smallest absolute Gasteiger partial charge is 0.271 e. The minimum Gasteiger partial charge on any atom is -0.271 e. The topological polar surface area (TPSA) is 52.7 Å². The fourth-order valence-electron chi connectivity index (χ4n) is 2.38. The average Bonchev–Trinajstić information content (AvgIpc) is 2.75. The average molecular weight is 353 g/mol. The van der Waals surface area contributed by atoms with Crippen molar-refractivity contribution in [2.45, 2.75) is 26.3 Å². The van der Waals surface area contributed by atoms with E-state index in [9.17, 15) is 9.18 Å². The Balaban J connectivity index is 2.17. The van der Waals surface area contributed by atoms with E-state index in [-0.39, 0.29) is 23.2 Å². The zero-order valence-corrected chi connectivity index (χ0v) is 14.0. The summed E-state index contributed by atoms with van der Waals surface area (Å²) in [5.74, 6) is 0.255. The minimum atomic E-state index is -0.363. The lowest BCUT2D eigenvalue weighted by Gasteiger charge is -2.05. The monoisotopic (exact) mass is 352 g/mol. The summed E-state index contributed by atoms with van der Waals surface area (Å²) in [6.45, 7) is 2.26. The molecule has 0 unspecified atom stereocenters. The Hall–Kier alpha value is -1.86. The molecule has 23 heavy (non-hydrogen) atoms. The molecule has 0 N–H and O–H groups in total. The molecule has 0 aliphatic heterocycles. The second-order valence-electron chi connectivity index (χ2n) is 5.16. The van der Waals surface area contributed by atoms with Gasteiger partial charge in [0.2, 0.25) is 0 Å². The molecule has 120 valence electrons. The highest BCUT2D eigenvalue weighted by molar-refractivity contribution is 7.78. The van der Waals surface area contributed by atoms with Gasteiger partial charge in [0.15, 0.2) is 10.8 Å². The van der Waals surface area contributed by atoms with Crippen LogP contribution >= 0.6 is 24.4 Å². The number of thiol groups is 1. The van der Waals surface area contributed by atoms with E-state index in [1.54, 1.807) is 12.1 Å². The Labute approximate surface area is 142 Å². The minimum absolute atomic E-state index is 0.198. The largest absolute Gasteiger partial charge is 0.340 e. The fourth-order valence-corrected chi connectivity index (χ4v) is 3.00. The van der Waals surface area contributed by atoms with E-state index in [0.29, 0.717) is 23.4 Å². The summed E-state index contributed by atoms with van der Waals surface area (Å²) in [7, 11) is 0. The molecule has 2 heterocycles. The molecule has 0 fully saturated rings. The first-order valence-electron chi connectivity index (χ1n) is 7.12. The third-order valence-corrected chi connectivity index (χ3v) is 4.11. The van der Waals surface area contributed by atoms with Crippen molar-refractivity contribution >= 4 is 35.6 Å². The molecule has 8 heteroatoms.